The summed E-state index contributed by atoms with van der Waals surface area (Å²) >= 11 is 1.48. The lowest BCUT2D eigenvalue weighted by Crippen LogP contribution is -2.32. The maximum absolute atomic E-state index is 12.1. The monoisotopic (exact) mass is 280 g/mol. The molecular formula is C14H20N2O2S. The van der Waals surface area contributed by atoms with Gasteiger partial charge in [-0.1, -0.05) is 0 Å². The fourth-order valence-corrected chi connectivity index (χ4v) is 2.95. The Labute approximate surface area is 118 Å². The molecule has 1 aromatic rings. The van der Waals surface area contributed by atoms with Crippen molar-refractivity contribution >= 4 is 17.7 Å². The van der Waals surface area contributed by atoms with Crippen molar-refractivity contribution < 1.29 is 9.90 Å². The standard InChI is InChI=1S/C14H20N2O2S/c1-19-14-12(3-2-8-15-14)13(18)16-9-10-4-6-11(17)7-5-10/h2-3,8,10-11,17H,4-7,9H2,1H3,(H,16,18). The molecule has 0 aromatic carbocycles. The van der Waals surface area contributed by atoms with E-state index in [1.165, 1.54) is 11.8 Å². The lowest BCUT2D eigenvalue weighted by atomic mass is 9.87. The molecule has 104 valence electrons. The van der Waals surface area contributed by atoms with Gasteiger partial charge < -0.3 is 10.4 Å². The molecule has 0 atom stereocenters. The van der Waals surface area contributed by atoms with Gasteiger partial charge in [0.2, 0.25) is 0 Å². The summed E-state index contributed by atoms with van der Waals surface area (Å²) in [5.74, 6) is 0.435. The predicted octanol–water partition coefficient (Wildman–Crippen LogP) is 2.08. The number of carbonyl (C=O) groups excluding carboxylic acids is 1. The summed E-state index contributed by atoms with van der Waals surface area (Å²) in [6.45, 7) is 0.689. The van der Waals surface area contributed by atoms with Crippen molar-refractivity contribution in [3.8, 4) is 0 Å². The maximum Gasteiger partial charge on any atom is 0.254 e. The Hall–Kier alpha value is -1.07. The van der Waals surface area contributed by atoms with Gasteiger partial charge in [-0.15, -0.1) is 11.8 Å². The fourth-order valence-electron chi connectivity index (χ4n) is 2.41. The van der Waals surface area contributed by atoms with Gasteiger partial charge in [-0.2, -0.15) is 0 Å². The number of aliphatic hydroxyl groups is 1. The summed E-state index contributed by atoms with van der Waals surface area (Å²) in [6.07, 6.45) is 7.15. The quantitative estimate of drug-likeness (QED) is 0.829. The number of nitrogens with zero attached hydrogens (tertiary/aromatic N) is 1. The topological polar surface area (TPSA) is 62.2 Å². The van der Waals surface area contributed by atoms with Crippen LogP contribution in [-0.4, -0.2) is 34.9 Å². The van der Waals surface area contributed by atoms with Crippen molar-refractivity contribution in [3.05, 3.63) is 23.9 Å². The average Bonchev–Trinajstić information content (AvgIpc) is 2.46. The van der Waals surface area contributed by atoms with Crippen LogP contribution in [0.4, 0.5) is 0 Å². The van der Waals surface area contributed by atoms with E-state index in [1.807, 2.05) is 6.26 Å². The molecule has 0 bridgehead atoms. The minimum absolute atomic E-state index is 0.0522. The molecule has 1 aromatic heterocycles. The van der Waals surface area contributed by atoms with Crippen molar-refractivity contribution in [2.45, 2.75) is 36.8 Å². The van der Waals surface area contributed by atoms with E-state index in [-0.39, 0.29) is 12.0 Å². The van der Waals surface area contributed by atoms with Crippen LogP contribution in [0.2, 0.25) is 0 Å². The summed E-state index contributed by atoms with van der Waals surface area (Å²) in [5, 5.41) is 13.2. The molecule has 0 aliphatic heterocycles. The zero-order chi connectivity index (χ0) is 13.7. The van der Waals surface area contributed by atoms with Gasteiger partial charge in [0.05, 0.1) is 11.7 Å². The Kier molecular flexibility index (Phi) is 5.22. The first kappa shape index (κ1) is 14.3. The third kappa shape index (κ3) is 3.94. The van der Waals surface area contributed by atoms with Gasteiger partial charge in [0.1, 0.15) is 5.03 Å². The second-order valence-corrected chi connectivity index (χ2v) is 5.74. The number of rotatable bonds is 4. The van der Waals surface area contributed by atoms with Crippen molar-refractivity contribution in [1.29, 1.82) is 0 Å². The minimum atomic E-state index is -0.145. The summed E-state index contributed by atoms with van der Waals surface area (Å²) in [7, 11) is 0. The molecule has 5 heteroatoms. The Morgan fingerprint density at radius 2 is 2.21 bits per heavy atom. The van der Waals surface area contributed by atoms with Gasteiger partial charge in [0.15, 0.2) is 0 Å². The Morgan fingerprint density at radius 1 is 1.47 bits per heavy atom. The van der Waals surface area contributed by atoms with Crippen molar-refractivity contribution in [2.24, 2.45) is 5.92 Å². The van der Waals surface area contributed by atoms with Gasteiger partial charge in [0.25, 0.3) is 5.91 Å². The van der Waals surface area contributed by atoms with Crippen LogP contribution in [-0.2, 0) is 0 Å². The van der Waals surface area contributed by atoms with Crippen molar-refractivity contribution in [1.82, 2.24) is 10.3 Å². The normalized spacial score (nSPS) is 23.1. The van der Waals surface area contributed by atoms with Crippen LogP contribution in [0.25, 0.3) is 0 Å². The second-order valence-electron chi connectivity index (χ2n) is 4.94. The number of pyridine rings is 1. The summed E-state index contributed by atoms with van der Waals surface area (Å²) < 4.78 is 0. The first-order valence-corrected chi connectivity index (χ1v) is 7.88. The first-order valence-electron chi connectivity index (χ1n) is 6.66. The van der Waals surface area contributed by atoms with Crippen LogP contribution in [0.3, 0.4) is 0 Å². The van der Waals surface area contributed by atoms with Gasteiger partial charge in [-0.3, -0.25) is 4.79 Å². The number of nitrogens with one attached hydrogen (secondary N) is 1. The Balaban J connectivity index is 1.87. The third-order valence-electron chi connectivity index (χ3n) is 3.58. The first-order chi connectivity index (χ1) is 9.20. The van der Waals surface area contributed by atoms with Crippen LogP contribution in [0.5, 0.6) is 0 Å². The summed E-state index contributed by atoms with van der Waals surface area (Å²) in [5.41, 5.74) is 0.644. The zero-order valence-corrected chi connectivity index (χ0v) is 11.9. The molecule has 1 heterocycles. The molecular weight excluding hydrogens is 260 g/mol. The molecule has 1 amide bonds. The van der Waals surface area contributed by atoms with E-state index in [0.29, 0.717) is 18.0 Å². The highest BCUT2D eigenvalue weighted by Gasteiger charge is 2.20. The molecule has 1 fully saturated rings. The molecule has 2 N–H and O–H groups in total. The Bertz CT molecular complexity index is 431. The van der Waals surface area contributed by atoms with Crippen LogP contribution < -0.4 is 5.32 Å². The van der Waals surface area contributed by atoms with E-state index in [9.17, 15) is 9.90 Å². The molecule has 19 heavy (non-hydrogen) atoms. The number of carbonyl (C=O) groups is 1. The molecule has 0 unspecified atom stereocenters. The highest BCUT2D eigenvalue weighted by atomic mass is 32.2. The van der Waals surface area contributed by atoms with E-state index >= 15 is 0 Å². The smallest absolute Gasteiger partial charge is 0.254 e. The van der Waals surface area contributed by atoms with Gasteiger partial charge in [-0.05, 0) is 50.0 Å². The Morgan fingerprint density at radius 3 is 2.89 bits per heavy atom. The highest BCUT2D eigenvalue weighted by molar-refractivity contribution is 7.98. The molecule has 1 saturated carbocycles. The lowest BCUT2D eigenvalue weighted by molar-refractivity contribution is 0.0907. The van der Waals surface area contributed by atoms with Crippen LogP contribution in [0.1, 0.15) is 36.0 Å². The highest BCUT2D eigenvalue weighted by Crippen LogP contribution is 2.23. The van der Waals surface area contributed by atoms with E-state index in [0.717, 1.165) is 30.7 Å². The number of amides is 1. The summed E-state index contributed by atoms with van der Waals surface area (Å²) in [4.78, 5) is 16.3. The van der Waals surface area contributed by atoms with Gasteiger partial charge in [-0.25, -0.2) is 4.98 Å². The molecule has 1 aliphatic rings. The van der Waals surface area contributed by atoms with Gasteiger partial charge >= 0.3 is 0 Å². The number of hydrogen-bond donors (Lipinski definition) is 2. The molecule has 0 radical (unpaired) electrons. The van der Waals surface area contributed by atoms with E-state index in [1.54, 1.807) is 18.3 Å². The maximum atomic E-state index is 12.1. The van der Waals surface area contributed by atoms with E-state index in [4.69, 9.17) is 0 Å². The average molecular weight is 280 g/mol. The van der Waals surface area contributed by atoms with Crippen LogP contribution in [0.15, 0.2) is 23.4 Å². The molecule has 0 spiro atoms. The number of thioether (sulfide) groups is 1. The predicted molar refractivity (Wildman–Crippen MR) is 76.3 cm³/mol. The van der Waals surface area contributed by atoms with Crippen LogP contribution >= 0.6 is 11.8 Å². The molecule has 1 aliphatic carbocycles. The van der Waals surface area contributed by atoms with E-state index in [2.05, 4.69) is 10.3 Å². The summed E-state index contributed by atoms with van der Waals surface area (Å²) in [6, 6.07) is 3.59. The van der Waals surface area contributed by atoms with Gasteiger partial charge in [0, 0.05) is 12.7 Å². The lowest BCUT2D eigenvalue weighted by Gasteiger charge is -2.25. The molecule has 2 rings (SSSR count). The largest absolute Gasteiger partial charge is 0.393 e. The zero-order valence-electron chi connectivity index (χ0n) is 11.1. The van der Waals surface area contributed by atoms with Crippen molar-refractivity contribution in [3.63, 3.8) is 0 Å². The van der Waals surface area contributed by atoms with Crippen LogP contribution in [0, 0.1) is 5.92 Å². The van der Waals surface area contributed by atoms with E-state index < -0.39 is 0 Å². The number of aliphatic hydroxyl groups excluding tert-OH is 1. The minimum Gasteiger partial charge on any atom is -0.393 e. The third-order valence-corrected chi connectivity index (χ3v) is 4.29. The second kappa shape index (κ2) is 6.91. The SMILES string of the molecule is CSc1ncccc1C(=O)NCC1CCC(O)CC1. The molecule has 4 nitrogen and oxygen atoms in total. The number of aromatic nitrogens is 1. The molecule has 0 saturated heterocycles. The fraction of sp³-hybridized carbons (Fsp3) is 0.571. The number of hydrogen-bond acceptors (Lipinski definition) is 4. The van der Waals surface area contributed by atoms with Crippen molar-refractivity contribution in [2.75, 3.05) is 12.8 Å².